The summed E-state index contributed by atoms with van der Waals surface area (Å²) in [5, 5.41) is 2.59. The lowest BCUT2D eigenvalue weighted by molar-refractivity contribution is -0.160. The SMILES string of the molecule is CC(OC(=O)C1(c2cc(F)cc(F)c2)CCCC1)C(=O)NC1CCS(=O)(=O)C1. The van der Waals surface area contributed by atoms with Crippen LogP contribution >= 0.6 is 0 Å². The maximum absolute atomic E-state index is 13.7. The van der Waals surface area contributed by atoms with E-state index in [1.165, 1.54) is 6.92 Å². The van der Waals surface area contributed by atoms with E-state index < -0.39 is 50.9 Å². The number of halogens is 2. The number of hydrogen-bond donors (Lipinski definition) is 1. The highest BCUT2D eigenvalue weighted by Crippen LogP contribution is 2.43. The first-order chi connectivity index (χ1) is 13.1. The van der Waals surface area contributed by atoms with Crippen LogP contribution in [0.15, 0.2) is 18.2 Å². The lowest BCUT2D eigenvalue weighted by Gasteiger charge is -2.29. The molecule has 2 aliphatic rings. The monoisotopic (exact) mass is 415 g/mol. The van der Waals surface area contributed by atoms with E-state index in [2.05, 4.69) is 5.32 Å². The third-order valence-corrected chi connectivity index (χ3v) is 7.26. The fourth-order valence-corrected chi connectivity index (χ4v) is 5.65. The minimum Gasteiger partial charge on any atom is -0.452 e. The smallest absolute Gasteiger partial charge is 0.317 e. The highest BCUT2D eigenvalue weighted by atomic mass is 32.2. The van der Waals surface area contributed by atoms with Gasteiger partial charge in [-0.15, -0.1) is 0 Å². The average molecular weight is 415 g/mol. The molecule has 28 heavy (non-hydrogen) atoms. The molecular weight excluding hydrogens is 392 g/mol. The Balaban J connectivity index is 1.71. The summed E-state index contributed by atoms with van der Waals surface area (Å²) in [7, 11) is -3.15. The molecule has 1 saturated carbocycles. The topological polar surface area (TPSA) is 89.5 Å². The molecule has 1 aromatic rings. The van der Waals surface area contributed by atoms with Gasteiger partial charge in [0.25, 0.3) is 5.91 Å². The van der Waals surface area contributed by atoms with Crippen LogP contribution in [0.1, 0.15) is 44.6 Å². The highest BCUT2D eigenvalue weighted by molar-refractivity contribution is 7.91. The van der Waals surface area contributed by atoms with Crippen LogP contribution in [-0.2, 0) is 29.6 Å². The van der Waals surface area contributed by atoms with Crippen molar-refractivity contribution < 1.29 is 31.5 Å². The van der Waals surface area contributed by atoms with Gasteiger partial charge in [0.1, 0.15) is 11.6 Å². The summed E-state index contributed by atoms with van der Waals surface area (Å²) >= 11 is 0. The predicted molar refractivity (Wildman–Crippen MR) is 97.3 cm³/mol. The number of benzene rings is 1. The van der Waals surface area contributed by atoms with Gasteiger partial charge >= 0.3 is 5.97 Å². The molecule has 2 unspecified atom stereocenters. The second-order valence-corrected chi connectivity index (χ2v) is 9.83. The summed E-state index contributed by atoms with van der Waals surface area (Å²) in [5.41, 5.74) is -0.976. The largest absolute Gasteiger partial charge is 0.452 e. The molecule has 2 fully saturated rings. The highest BCUT2D eigenvalue weighted by Gasteiger charge is 2.45. The molecule has 1 aliphatic carbocycles. The predicted octanol–water partition coefficient (Wildman–Crippen LogP) is 2.01. The van der Waals surface area contributed by atoms with Gasteiger partial charge in [-0.1, -0.05) is 12.8 Å². The Morgan fingerprint density at radius 1 is 1.18 bits per heavy atom. The second kappa shape index (κ2) is 7.77. The molecule has 0 radical (unpaired) electrons. The lowest BCUT2D eigenvalue weighted by atomic mass is 9.78. The number of carbonyl (C=O) groups excluding carboxylic acids is 2. The molecule has 1 N–H and O–H groups in total. The summed E-state index contributed by atoms with van der Waals surface area (Å²) < 4.78 is 55.7. The van der Waals surface area contributed by atoms with Crippen LogP contribution in [-0.4, -0.2) is 43.9 Å². The van der Waals surface area contributed by atoms with Crippen LogP contribution in [0.4, 0.5) is 8.78 Å². The molecule has 0 bridgehead atoms. The van der Waals surface area contributed by atoms with Crippen LogP contribution in [0, 0.1) is 11.6 Å². The van der Waals surface area contributed by atoms with Gasteiger partial charge in [-0.05, 0) is 43.9 Å². The molecule has 2 atom stereocenters. The zero-order chi connectivity index (χ0) is 20.5. The van der Waals surface area contributed by atoms with E-state index in [0.29, 0.717) is 32.1 Å². The van der Waals surface area contributed by atoms with E-state index >= 15 is 0 Å². The first kappa shape index (κ1) is 20.7. The molecule has 1 aliphatic heterocycles. The number of esters is 1. The molecule has 3 rings (SSSR count). The molecule has 154 valence electrons. The minimum atomic E-state index is -3.15. The number of rotatable bonds is 5. The molecule has 0 spiro atoms. The molecule has 9 heteroatoms. The van der Waals surface area contributed by atoms with Gasteiger partial charge < -0.3 is 10.1 Å². The van der Waals surface area contributed by atoms with Crippen LogP contribution in [0.25, 0.3) is 0 Å². The van der Waals surface area contributed by atoms with Crippen LogP contribution < -0.4 is 5.32 Å². The first-order valence-electron chi connectivity index (χ1n) is 9.30. The normalized spacial score (nSPS) is 23.9. The molecular formula is C19H23F2NO5S. The number of amides is 1. The summed E-state index contributed by atoms with van der Waals surface area (Å²) in [6.45, 7) is 1.39. The third-order valence-electron chi connectivity index (χ3n) is 5.49. The van der Waals surface area contributed by atoms with Crippen LogP contribution in [0.3, 0.4) is 0 Å². The molecule has 1 heterocycles. The number of sulfone groups is 1. The van der Waals surface area contributed by atoms with Gasteiger partial charge in [0.2, 0.25) is 0 Å². The van der Waals surface area contributed by atoms with Crippen molar-refractivity contribution in [1.29, 1.82) is 0 Å². The second-order valence-electron chi connectivity index (χ2n) is 7.60. The van der Waals surface area contributed by atoms with Crippen molar-refractivity contribution >= 4 is 21.7 Å². The van der Waals surface area contributed by atoms with Crippen molar-refractivity contribution in [2.75, 3.05) is 11.5 Å². The standard InChI is InChI=1S/C19H23F2NO5S/c1-12(17(23)22-16-4-7-28(25,26)11-16)27-18(24)19(5-2-3-6-19)13-8-14(20)10-15(21)9-13/h8-10,12,16H,2-7,11H2,1H3,(H,22,23). The zero-order valence-corrected chi connectivity index (χ0v) is 16.4. The van der Waals surface area contributed by atoms with Crippen molar-refractivity contribution in [3.05, 3.63) is 35.4 Å². The average Bonchev–Trinajstić information content (AvgIpc) is 3.21. The Hall–Kier alpha value is -2.03. The Morgan fingerprint density at radius 2 is 1.79 bits per heavy atom. The number of hydrogen-bond acceptors (Lipinski definition) is 5. The first-order valence-corrected chi connectivity index (χ1v) is 11.1. The molecule has 6 nitrogen and oxygen atoms in total. The molecule has 1 saturated heterocycles. The van der Waals surface area contributed by atoms with Crippen molar-refractivity contribution in [3.63, 3.8) is 0 Å². The van der Waals surface area contributed by atoms with E-state index in [1.807, 2.05) is 0 Å². The fourth-order valence-electron chi connectivity index (χ4n) is 3.97. The van der Waals surface area contributed by atoms with Crippen molar-refractivity contribution in [1.82, 2.24) is 5.32 Å². The maximum Gasteiger partial charge on any atom is 0.317 e. The fraction of sp³-hybridized carbons (Fsp3) is 0.579. The van der Waals surface area contributed by atoms with Gasteiger partial charge in [0.05, 0.1) is 16.9 Å². The van der Waals surface area contributed by atoms with Gasteiger partial charge in [0, 0.05) is 12.1 Å². The van der Waals surface area contributed by atoms with E-state index in [9.17, 15) is 26.8 Å². The van der Waals surface area contributed by atoms with E-state index in [-0.39, 0.29) is 17.1 Å². The number of nitrogens with one attached hydrogen (secondary N) is 1. The number of ether oxygens (including phenoxy) is 1. The quantitative estimate of drug-likeness (QED) is 0.743. The zero-order valence-electron chi connectivity index (χ0n) is 15.5. The molecule has 0 aromatic heterocycles. The van der Waals surface area contributed by atoms with Crippen LogP contribution in [0.5, 0.6) is 0 Å². The van der Waals surface area contributed by atoms with Crippen LogP contribution in [0.2, 0.25) is 0 Å². The molecule has 1 aromatic carbocycles. The van der Waals surface area contributed by atoms with E-state index in [0.717, 1.165) is 18.2 Å². The van der Waals surface area contributed by atoms with Gasteiger partial charge in [-0.2, -0.15) is 0 Å². The molecule has 1 amide bonds. The van der Waals surface area contributed by atoms with Crippen molar-refractivity contribution in [2.24, 2.45) is 0 Å². The summed E-state index contributed by atoms with van der Waals surface area (Å²) in [6.07, 6.45) is 1.34. The lowest BCUT2D eigenvalue weighted by Crippen LogP contribution is -2.45. The Labute approximate surface area is 162 Å². The van der Waals surface area contributed by atoms with Gasteiger partial charge in [0.15, 0.2) is 15.9 Å². The summed E-state index contributed by atoms with van der Waals surface area (Å²) in [6, 6.07) is 2.49. The van der Waals surface area contributed by atoms with Crippen molar-refractivity contribution in [2.45, 2.75) is 56.6 Å². The van der Waals surface area contributed by atoms with Crippen molar-refractivity contribution in [3.8, 4) is 0 Å². The number of carbonyl (C=O) groups is 2. The Morgan fingerprint density at radius 3 is 2.32 bits per heavy atom. The Bertz CT molecular complexity index is 860. The minimum absolute atomic E-state index is 0.0142. The van der Waals surface area contributed by atoms with Gasteiger partial charge in [-0.3, -0.25) is 9.59 Å². The van der Waals surface area contributed by atoms with E-state index in [1.54, 1.807) is 0 Å². The Kier molecular flexibility index (Phi) is 5.74. The third kappa shape index (κ3) is 4.34. The van der Waals surface area contributed by atoms with E-state index in [4.69, 9.17) is 4.74 Å². The summed E-state index contributed by atoms with van der Waals surface area (Å²) in [5.74, 6) is -2.96. The maximum atomic E-state index is 13.7. The summed E-state index contributed by atoms with van der Waals surface area (Å²) in [4.78, 5) is 25.2. The van der Waals surface area contributed by atoms with Gasteiger partial charge in [-0.25, -0.2) is 17.2 Å².